The largest absolute Gasteiger partial charge is 0.439 e. The lowest BCUT2D eigenvalue weighted by atomic mass is 9.85. The van der Waals surface area contributed by atoms with Crippen molar-refractivity contribution in [1.82, 2.24) is 19.7 Å². The predicted octanol–water partition coefficient (Wildman–Crippen LogP) is 4.12. The van der Waals surface area contributed by atoms with E-state index in [1.165, 1.54) is 6.33 Å². The fourth-order valence-electron chi connectivity index (χ4n) is 3.09. The number of carbonyl (C=O) groups is 1. The van der Waals surface area contributed by atoms with Gasteiger partial charge >= 0.3 is 0 Å². The number of aromatic nitrogens is 4. The van der Waals surface area contributed by atoms with E-state index in [0.717, 1.165) is 41.9 Å². The Balaban J connectivity index is 1.47. The van der Waals surface area contributed by atoms with Gasteiger partial charge in [-0.15, -0.1) is 0 Å². The highest BCUT2D eigenvalue weighted by atomic mass is 16.5. The quantitative estimate of drug-likeness (QED) is 0.723. The van der Waals surface area contributed by atoms with E-state index in [-0.39, 0.29) is 11.8 Å². The molecular weight excluding hydrogens is 354 g/mol. The van der Waals surface area contributed by atoms with Gasteiger partial charge in [-0.1, -0.05) is 6.42 Å². The summed E-state index contributed by atoms with van der Waals surface area (Å²) in [5.74, 6) is 1.98. The van der Waals surface area contributed by atoms with Gasteiger partial charge in [0.15, 0.2) is 5.82 Å². The molecule has 4 rings (SSSR count). The Labute approximate surface area is 163 Å². The summed E-state index contributed by atoms with van der Waals surface area (Å²) in [5, 5.41) is 7.47. The first-order valence-corrected chi connectivity index (χ1v) is 9.45. The summed E-state index contributed by atoms with van der Waals surface area (Å²) >= 11 is 0. The molecule has 1 aliphatic carbocycles. The molecule has 2 heterocycles. The molecule has 1 saturated carbocycles. The molecule has 0 atom stereocenters. The highest BCUT2D eigenvalue weighted by Gasteiger charge is 2.25. The SMILES string of the molecule is Cc1nn(-c2cc(Oc3ccc(NC(=O)C4CCC4)cc3)ncn2)c(C)c1C. The topological polar surface area (TPSA) is 81.9 Å². The van der Waals surface area contributed by atoms with Gasteiger partial charge in [-0.05, 0) is 63.4 Å². The number of amides is 1. The minimum absolute atomic E-state index is 0.0977. The van der Waals surface area contributed by atoms with Crippen LogP contribution in [-0.2, 0) is 4.79 Å². The monoisotopic (exact) mass is 377 g/mol. The minimum atomic E-state index is 0.0977. The standard InChI is InChI=1S/C21H23N5O2/c1-13-14(2)25-26(15(13)3)19-11-20(23-12-22-19)28-18-9-7-17(8-10-18)24-21(27)16-5-4-6-16/h7-12,16H,4-6H2,1-3H3,(H,24,27). The lowest BCUT2D eigenvalue weighted by molar-refractivity contribution is -0.122. The maximum absolute atomic E-state index is 12.0. The number of benzene rings is 1. The van der Waals surface area contributed by atoms with Crippen molar-refractivity contribution in [2.75, 3.05) is 5.32 Å². The van der Waals surface area contributed by atoms with Gasteiger partial charge in [-0.2, -0.15) is 5.10 Å². The molecule has 3 aromatic rings. The second-order valence-electron chi connectivity index (χ2n) is 7.17. The molecule has 1 aliphatic rings. The van der Waals surface area contributed by atoms with Gasteiger partial charge in [0.1, 0.15) is 12.1 Å². The van der Waals surface area contributed by atoms with E-state index in [1.54, 1.807) is 10.7 Å². The number of rotatable bonds is 5. The van der Waals surface area contributed by atoms with Crippen LogP contribution >= 0.6 is 0 Å². The third-order valence-electron chi connectivity index (χ3n) is 5.32. The molecule has 28 heavy (non-hydrogen) atoms. The van der Waals surface area contributed by atoms with Gasteiger partial charge in [0.05, 0.1) is 5.69 Å². The lowest BCUT2D eigenvalue weighted by Crippen LogP contribution is -2.27. The fourth-order valence-corrected chi connectivity index (χ4v) is 3.09. The summed E-state index contributed by atoms with van der Waals surface area (Å²) in [6, 6.07) is 9.04. The van der Waals surface area contributed by atoms with Crippen LogP contribution in [0, 0.1) is 26.7 Å². The van der Waals surface area contributed by atoms with Crippen LogP contribution < -0.4 is 10.1 Å². The summed E-state index contributed by atoms with van der Waals surface area (Å²) in [6.07, 6.45) is 4.57. The van der Waals surface area contributed by atoms with Crippen LogP contribution in [0.2, 0.25) is 0 Å². The highest BCUT2D eigenvalue weighted by Crippen LogP contribution is 2.28. The van der Waals surface area contributed by atoms with Gasteiger partial charge in [0.2, 0.25) is 11.8 Å². The fraction of sp³-hybridized carbons (Fsp3) is 0.333. The molecule has 144 valence electrons. The first-order valence-electron chi connectivity index (χ1n) is 9.45. The summed E-state index contributed by atoms with van der Waals surface area (Å²) in [4.78, 5) is 20.5. The summed E-state index contributed by atoms with van der Waals surface area (Å²) in [5.41, 5.74) is 3.91. The molecule has 1 fully saturated rings. The number of anilines is 1. The van der Waals surface area contributed by atoms with E-state index >= 15 is 0 Å². The molecule has 7 nitrogen and oxygen atoms in total. The maximum Gasteiger partial charge on any atom is 0.227 e. The van der Waals surface area contributed by atoms with Gasteiger partial charge in [-0.3, -0.25) is 4.79 Å². The van der Waals surface area contributed by atoms with Crippen molar-refractivity contribution in [3.05, 3.63) is 53.6 Å². The van der Waals surface area contributed by atoms with E-state index in [0.29, 0.717) is 17.4 Å². The number of nitrogens with zero attached hydrogens (tertiary/aromatic N) is 4. The Hall–Kier alpha value is -3.22. The van der Waals surface area contributed by atoms with Gasteiger partial charge in [0.25, 0.3) is 0 Å². The zero-order valence-corrected chi connectivity index (χ0v) is 16.3. The number of ether oxygens (including phenoxy) is 1. The average Bonchev–Trinajstić information content (AvgIpc) is 2.90. The van der Waals surface area contributed by atoms with Crippen molar-refractivity contribution >= 4 is 11.6 Å². The van der Waals surface area contributed by atoms with Crippen molar-refractivity contribution in [2.45, 2.75) is 40.0 Å². The molecule has 7 heteroatoms. The van der Waals surface area contributed by atoms with Crippen LogP contribution in [-0.4, -0.2) is 25.7 Å². The Kier molecular flexibility index (Phi) is 4.81. The molecule has 2 aromatic heterocycles. The molecule has 0 spiro atoms. The zero-order valence-electron chi connectivity index (χ0n) is 16.3. The zero-order chi connectivity index (χ0) is 19.7. The van der Waals surface area contributed by atoms with Crippen LogP contribution in [0.15, 0.2) is 36.7 Å². The molecule has 1 N–H and O–H groups in total. The Bertz CT molecular complexity index is 1010. The van der Waals surface area contributed by atoms with Crippen LogP contribution in [0.3, 0.4) is 0 Å². The third-order valence-corrected chi connectivity index (χ3v) is 5.32. The van der Waals surface area contributed by atoms with Crippen LogP contribution in [0.1, 0.15) is 36.2 Å². The van der Waals surface area contributed by atoms with Crippen LogP contribution in [0.4, 0.5) is 5.69 Å². The van der Waals surface area contributed by atoms with Gasteiger partial charge in [0, 0.05) is 23.4 Å². The van der Waals surface area contributed by atoms with Crippen molar-refractivity contribution in [2.24, 2.45) is 5.92 Å². The summed E-state index contributed by atoms with van der Waals surface area (Å²) in [6.45, 7) is 6.02. The normalized spacial score (nSPS) is 13.8. The predicted molar refractivity (Wildman–Crippen MR) is 106 cm³/mol. The first-order chi connectivity index (χ1) is 13.5. The van der Waals surface area contributed by atoms with Crippen molar-refractivity contribution in [3.8, 4) is 17.4 Å². The van der Waals surface area contributed by atoms with Crippen LogP contribution in [0.5, 0.6) is 11.6 Å². The van der Waals surface area contributed by atoms with E-state index in [4.69, 9.17) is 4.74 Å². The molecule has 0 radical (unpaired) electrons. The summed E-state index contributed by atoms with van der Waals surface area (Å²) < 4.78 is 7.64. The maximum atomic E-state index is 12.0. The second-order valence-corrected chi connectivity index (χ2v) is 7.17. The third kappa shape index (κ3) is 3.60. The molecule has 0 saturated heterocycles. The number of aryl methyl sites for hydroxylation is 1. The van der Waals surface area contributed by atoms with E-state index < -0.39 is 0 Å². The van der Waals surface area contributed by atoms with Crippen molar-refractivity contribution in [1.29, 1.82) is 0 Å². The molecule has 0 aliphatic heterocycles. The minimum Gasteiger partial charge on any atom is -0.439 e. The Morgan fingerprint density at radius 3 is 2.50 bits per heavy atom. The van der Waals surface area contributed by atoms with Crippen LogP contribution in [0.25, 0.3) is 5.82 Å². The van der Waals surface area contributed by atoms with Gasteiger partial charge < -0.3 is 10.1 Å². The van der Waals surface area contributed by atoms with Crippen molar-refractivity contribution < 1.29 is 9.53 Å². The lowest BCUT2D eigenvalue weighted by Gasteiger charge is -2.24. The average molecular weight is 377 g/mol. The highest BCUT2D eigenvalue weighted by molar-refractivity contribution is 5.93. The Morgan fingerprint density at radius 1 is 1.14 bits per heavy atom. The molecule has 0 unspecified atom stereocenters. The van der Waals surface area contributed by atoms with Gasteiger partial charge in [-0.25, -0.2) is 14.6 Å². The second kappa shape index (κ2) is 7.42. The van der Waals surface area contributed by atoms with Crippen molar-refractivity contribution in [3.63, 3.8) is 0 Å². The number of hydrogen-bond donors (Lipinski definition) is 1. The van der Waals surface area contributed by atoms with E-state index in [9.17, 15) is 4.79 Å². The van der Waals surface area contributed by atoms with E-state index in [2.05, 4.69) is 20.4 Å². The number of nitrogens with one attached hydrogen (secondary N) is 1. The molecule has 1 amide bonds. The van der Waals surface area contributed by atoms with E-state index in [1.807, 2.05) is 45.0 Å². The first kappa shape index (κ1) is 18.2. The number of hydrogen-bond acceptors (Lipinski definition) is 5. The Morgan fingerprint density at radius 2 is 1.89 bits per heavy atom. The molecule has 0 bridgehead atoms. The smallest absolute Gasteiger partial charge is 0.227 e. The molecule has 1 aromatic carbocycles. The molecular formula is C21H23N5O2. The number of carbonyl (C=O) groups excluding carboxylic acids is 1. The summed E-state index contributed by atoms with van der Waals surface area (Å²) in [7, 11) is 0.